The molecule has 1 N–H and O–H groups in total. The van der Waals surface area contributed by atoms with Crippen LogP contribution in [0.5, 0.6) is 0 Å². The van der Waals surface area contributed by atoms with E-state index < -0.39 is 6.10 Å². The molecule has 2 aliphatic rings. The van der Waals surface area contributed by atoms with Crippen LogP contribution < -0.4 is 4.90 Å². The fraction of sp³-hybridized carbons (Fsp3) is 0.647. The lowest BCUT2D eigenvalue weighted by Gasteiger charge is -2.49. The monoisotopic (exact) mass is 292 g/mol. The number of halogens is 1. The Bertz CT molecular complexity index is 506. The summed E-state index contributed by atoms with van der Waals surface area (Å²) in [5.74, 6) is -0.218. The van der Waals surface area contributed by atoms with Gasteiger partial charge in [-0.05, 0) is 39.3 Å². The molecule has 21 heavy (non-hydrogen) atoms. The lowest BCUT2D eigenvalue weighted by atomic mass is 9.95. The van der Waals surface area contributed by atoms with Gasteiger partial charge in [0.1, 0.15) is 5.82 Å². The van der Waals surface area contributed by atoms with Crippen molar-refractivity contribution in [2.45, 2.75) is 51.3 Å². The minimum Gasteiger partial charge on any atom is -0.389 e. The highest BCUT2D eigenvalue weighted by atomic mass is 19.1. The highest BCUT2D eigenvalue weighted by Crippen LogP contribution is 2.34. The zero-order valence-electron chi connectivity index (χ0n) is 12.9. The third-order valence-corrected chi connectivity index (χ3v) is 4.94. The molecule has 0 saturated carbocycles. The number of rotatable bonds is 2. The summed E-state index contributed by atoms with van der Waals surface area (Å²) in [6.45, 7) is 6.88. The largest absolute Gasteiger partial charge is 0.389 e. The van der Waals surface area contributed by atoms with Crippen LogP contribution in [0.15, 0.2) is 18.2 Å². The van der Waals surface area contributed by atoms with Crippen LogP contribution in [0, 0.1) is 5.82 Å². The maximum absolute atomic E-state index is 14.4. The predicted octanol–water partition coefficient (Wildman–Crippen LogP) is 2.94. The van der Waals surface area contributed by atoms with E-state index in [-0.39, 0.29) is 11.9 Å². The molecule has 1 aromatic carbocycles. The summed E-state index contributed by atoms with van der Waals surface area (Å²) in [6.07, 6.45) is 3.10. The van der Waals surface area contributed by atoms with Crippen molar-refractivity contribution >= 4 is 5.69 Å². The zero-order valence-corrected chi connectivity index (χ0v) is 12.9. The molecule has 2 aliphatic heterocycles. The van der Waals surface area contributed by atoms with Gasteiger partial charge < -0.3 is 10.0 Å². The summed E-state index contributed by atoms with van der Waals surface area (Å²) in [5, 5.41) is 9.97. The molecule has 0 spiro atoms. The Morgan fingerprint density at radius 1 is 1.29 bits per heavy atom. The van der Waals surface area contributed by atoms with Crippen molar-refractivity contribution < 1.29 is 9.50 Å². The molecule has 0 radical (unpaired) electrons. The second kappa shape index (κ2) is 5.93. The quantitative estimate of drug-likeness (QED) is 0.908. The van der Waals surface area contributed by atoms with Gasteiger partial charge in [-0.2, -0.15) is 0 Å². The minimum absolute atomic E-state index is 0.218. The second-order valence-electron chi connectivity index (χ2n) is 6.50. The van der Waals surface area contributed by atoms with E-state index in [2.05, 4.69) is 16.7 Å². The van der Waals surface area contributed by atoms with Crippen LogP contribution in [-0.2, 0) is 0 Å². The molecule has 2 heterocycles. The molecule has 0 bridgehead atoms. The number of hydrogen-bond donors (Lipinski definition) is 1. The number of piperidine rings is 1. The molecule has 3 rings (SSSR count). The van der Waals surface area contributed by atoms with Crippen LogP contribution >= 0.6 is 0 Å². The second-order valence-corrected chi connectivity index (χ2v) is 6.50. The van der Waals surface area contributed by atoms with Crippen molar-refractivity contribution in [3.8, 4) is 0 Å². The summed E-state index contributed by atoms with van der Waals surface area (Å²) in [4.78, 5) is 4.72. The Balaban J connectivity index is 1.92. The topological polar surface area (TPSA) is 26.7 Å². The Morgan fingerprint density at radius 2 is 2.10 bits per heavy atom. The predicted molar refractivity (Wildman–Crippen MR) is 83.1 cm³/mol. The molecule has 0 aromatic heterocycles. The van der Waals surface area contributed by atoms with Crippen LogP contribution in [0.3, 0.4) is 0 Å². The number of aliphatic hydroxyl groups is 1. The highest BCUT2D eigenvalue weighted by molar-refractivity contribution is 5.57. The first-order chi connectivity index (χ1) is 10.1. The fourth-order valence-electron chi connectivity index (χ4n) is 3.84. The summed E-state index contributed by atoms with van der Waals surface area (Å²) >= 11 is 0. The summed E-state index contributed by atoms with van der Waals surface area (Å²) in [7, 11) is 0. The lowest BCUT2D eigenvalue weighted by Crippen LogP contribution is -2.59. The van der Waals surface area contributed by atoms with Crippen LogP contribution in [0.2, 0.25) is 0 Å². The number of anilines is 1. The van der Waals surface area contributed by atoms with Crippen LogP contribution in [-0.4, -0.2) is 41.7 Å². The van der Waals surface area contributed by atoms with E-state index in [0.29, 0.717) is 17.3 Å². The minimum atomic E-state index is -0.646. The molecule has 2 saturated heterocycles. The van der Waals surface area contributed by atoms with Crippen molar-refractivity contribution in [2.75, 3.05) is 24.5 Å². The van der Waals surface area contributed by atoms with Gasteiger partial charge >= 0.3 is 0 Å². The number of aliphatic hydroxyl groups excluding tert-OH is 1. The van der Waals surface area contributed by atoms with E-state index in [4.69, 9.17) is 0 Å². The van der Waals surface area contributed by atoms with Gasteiger partial charge in [-0.15, -0.1) is 0 Å². The van der Waals surface area contributed by atoms with Gasteiger partial charge in [0.05, 0.1) is 11.8 Å². The third-order valence-electron chi connectivity index (χ3n) is 4.94. The number of nitrogens with zero attached hydrogens (tertiary/aromatic N) is 2. The molecule has 0 amide bonds. The Kier molecular flexibility index (Phi) is 4.18. The molecule has 2 unspecified atom stereocenters. The van der Waals surface area contributed by atoms with Gasteiger partial charge in [-0.1, -0.05) is 18.6 Å². The molecule has 0 aliphatic carbocycles. The van der Waals surface area contributed by atoms with E-state index in [1.54, 1.807) is 13.0 Å². The Morgan fingerprint density at radius 3 is 2.86 bits per heavy atom. The van der Waals surface area contributed by atoms with Crippen molar-refractivity contribution in [1.82, 2.24) is 4.90 Å². The average Bonchev–Trinajstić information content (AvgIpc) is 2.46. The van der Waals surface area contributed by atoms with Crippen LogP contribution in [0.4, 0.5) is 10.1 Å². The number of hydrogen-bond acceptors (Lipinski definition) is 3. The average molecular weight is 292 g/mol. The first-order valence-corrected chi connectivity index (χ1v) is 8.05. The third kappa shape index (κ3) is 2.79. The number of benzene rings is 1. The van der Waals surface area contributed by atoms with Crippen LogP contribution in [0.25, 0.3) is 0 Å². The van der Waals surface area contributed by atoms with E-state index in [1.165, 1.54) is 31.9 Å². The maximum atomic E-state index is 14.4. The normalized spacial score (nSPS) is 28.3. The van der Waals surface area contributed by atoms with Crippen LogP contribution in [0.1, 0.15) is 44.8 Å². The summed E-state index contributed by atoms with van der Waals surface area (Å²) < 4.78 is 14.4. The van der Waals surface area contributed by atoms with Crippen molar-refractivity contribution in [3.05, 3.63) is 29.6 Å². The van der Waals surface area contributed by atoms with E-state index >= 15 is 0 Å². The summed E-state index contributed by atoms with van der Waals surface area (Å²) in [5.41, 5.74) is 1.30. The number of para-hydroxylation sites is 1. The standard InChI is InChI=1S/C17H25FN2O/c1-12-10-19-9-4-3-6-14(19)11-20(12)17-15(13(2)21)7-5-8-16(17)18/h5,7-8,12-14,21H,3-4,6,9-11H2,1-2H3/t12?,13-,14?/m1/s1. The zero-order chi connectivity index (χ0) is 15.0. The molecule has 116 valence electrons. The van der Waals surface area contributed by atoms with E-state index in [0.717, 1.165) is 13.1 Å². The summed E-state index contributed by atoms with van der Waals surface area (Å²) in [6, 6.07) is 5.82. The smallest absolute Gasteiger partial charge is 0.146 e. The van der Waals surface area contributed by atoms with Gasteiger partial charge in [0.2, 0.25) is 0 Å². The molecule has 4 heteroatoms. The molecule has 2 fully saturated rings. The van der Waals surface area contributed by atoms with Crippen molar-refractivity contribution in [1.29, 1.82) is 0 Å². The fourth-order valence-corrected chi connectivity index (χ4v) is 3.84. The Hall–Kier alpha value is -1.13. The first kappa shape index (κ1) is 14.8. The van der Waals surface area contributed by atoms with Crippen molar-refractivity contribution in [3.63, 3.8) is 0 Å². The highest BCUT2D eigenvalue weighted by Gasteiger charge is 2.35. The van der Waals surface area contributed by atoms with E-state index in [9.17, 15) is 9.50 Å². The Labute approximate surface area is 126 Å². The van der Waals surface area contributed by atoms with Gasteiger partial charge in [-0.25, -0.2) is 4.39 Å². The first-order valence-electron chi connectivity index (χ1n) is 8.05. The van der Waals surface area contributed by atoms with Gasteiger partial charge in [-0.3, -0.25) is 4.90 Å². The maximum Gasteiger partial charge on any atom is 0.146 e. The van der Waals surface area contributed by atoms with Gasteiger partial charge in [0, 0.05) is 30.7 Å². The van der Waals surface area contributed by atoms with E-state index in [1.807, 2.05) is 6.07 Å². The molecular weight excluding hydrogens is 267 g/mol. The molecular formula is C17H25FN2O. The lowest BCUT2D eigenvalue weighted by molar-refractivity contribution is 0.114. The van der Waals surface area contributed by atoms with Gasteiger partial charge in [0.15, 0.2) is 0 Å². The number of fused-ring (bicyclic) bond motifs is 1. The van der Waals surface area contributed by atoms with Gasteiger partial charge in [0.25, 0.3) is 0 Å². The number of piperazine rings is 1. The molecule has 3 atom stereocenters. The SMILES string of the molecule is CC1CN2CCCCC2CN1c1c(F)cccc1[C@@H](C)O. The van der Waals surface area contributed by atoms with Crippen molar-refractivity contribution in [2.24, 2.45) is 0 Å². The molecule has 3 nitrogen and oxygen atoms in total. The molecule has 1 aromatic rings.